The van der Waals surface area contributed by atoms with Crippen LogP contribution in [-0.2, 0) is 9.84 Å². The third-order valence-electron chi connectivity index (χ3n) is 3.77. The highest BCUT2D eigenvalue weighted by atomic mass is 32.2. The van der Waals surface area contributed by atoms with Gasteiger partial charge in [0.2, 0.25) is 0 Å². The van der Waals surface area contributed by atoms with E-state index in [2.05, 4.69) is 12.2 Å². The Bertz CT molecular complexity index is 293. The van der Waals surface area contributed by atoms with E-state index in [1.54, 1.807) is 0 Å². The molecule has 1 rings (SSSR count). The van der Waals surface area contributed by atoms with Crippen molar-refractivity contribution in [2.24, 2.45) is 5.92 Å². The highest BCUT2D eigenvalue weighted by molar-refractivity contribution is 7.90. The quantitative estimate of drug-likeness (QED) is 0.590. The van der Waals surface area contributed by atoms with E-state index in [4.69, 9.17) is 0 Å². The van der Waals surface area contributed by atoms with Gasteiger partial charge in [0, 0.05) is 12.3 Å². The minimum atomic E-state index is -2.79. The van der Waals surface area contributed by atoms with Crippen LogP contribution in [0.3, 0.4) is 0 Å². The van der Waals surface area contributed by atoms with Crippen LogP contribution in [0.2, 0.25) is 0 Å². The summed E-state index contributed by atoms with van der Waals surface area (Å²) in [5, 5.41) is 3.49. The Kier molecular flexibility index (Phi) is 6.49. The predicted octanol–water partition coefficient (Wildman–Crippen LogP) is 2.37. The van der Waals surface area contributed by atoms with Gasteiger partial charge in [-0.15, -0.1) is 0 Å². The van der Waals surface area contributed by atoms with Gasteiger partial charge in [0.15, 0.2) is 0 Å². The van der Waals surface area contributed by atoms with Crippen LogP contribution in [0.4, 0.5) is 0 Å². The van der Waals surface area contributed by atoms with Crippen molar-refractivity contribution in [3.8, 4) is 0 Å². The number of hydrogen-bond acceptors (Lipinski definition) is 3. The molecule has 0 amide bonds. The lowest BCUT2D eigenvalue weighted by Crippen LogP contribution is -2.34. The van der Waals surface area contributed by atoms with Crippen molar-refractivity contribution in [1.29, 1.82) is 0 Å². The van der Waals surface area contributed by atoms with Gasteiger partial charge in [-0.25, -0.2) is 8.42 Å². The second-order valence-corrected chi connectivity index (χ2v) is 7.74. The van der Waals surface area contributed by atoms with Gasteiger partial charge in [-0.3, -0.25) is 0 Å². The van der Waals surface area contributed by atoms with Crippen LogP contribution in [0.1, 0.15) is 51.9 Å². The molecule has 3 nitrogen and oxygen atoms in total. The highest BCUT2D eigenvalue weighted by Crippen LogP contribution is 2.25. The molecule has 0 aromatic heterocycles. The molecule has 1 atom stereocenters. The van der Waals surface area contributed by atoms with E-state index in [9.17, 15) is 8.42 Å². The first-order chi connectivity index (χ1) is 7.99. The Morgan fingerprint density at radius 2 is 1.76 bits per heavy atom. The topological polar surface area (TPSA) is 46.2 Å². The zero-order valence-electron chi connectivity index (χ0n) is 11.2. The van der Waals surface area contributed by atoms with Crippen molar-refractivity contribution < 1.29 is 8.42 Å². The number of hydrogen-bond donors (Lipinski definition) is 1. The standard InChI is InChI=1S/C13H27NO2S/c1-12(13-8-5-3-4-6-9-13)14-10-7-11-17(2,15)16/h12-14H,3-11H2,1-2H3/t12-/m1/s1. The molecule has 0 bridgehead atoms. The van der Waals surface area contributed by atoms with Crippen molar-refractivity contribution in [1.82, 2.24) is 5.32 Å². The van der Waals surface area contributed by atoms with E-state index in [0.29, 0.717) is 11.8 Å². The summed E-state index contributed by atoms with van der Waals surface area (Å²) in [6.45, 7) is 3.07. The third-order valence-corrected chi connectivity index (χ3v) is 4.80. The second-order valence-electron chi connectivity index (χ2n) is 5.48. The first-order valence-corrected chi connectivity index (χ1v) is 8.96. The van der Waals surface area contributed by atoms with Gasteiger partial charge in [-0.2, -0.15) is 0 Å². The summed E-state index contributed by atoms with van der Waals surface area (Å²) in [5.41, 5.74) is 0. The summed E-state index contributed by atoms with van der Waals surface area (Å²) in [5.74, 6) is 1.09. The Labute approximate surface area is 106 Å². The van der Waals surface area contributed by atoms with Crippen molar-refractivity contribution in [2.45, 2.75) is 57.9 Å². The molecule has 0 radical (unpaired) electrons. The molecule has 0 unspecified atom stereocenters. The molecule has 0 aromatic carbocycles. The minimum absolute atomic E-state index is 0.303. The van der Waals surface area contributed by atoms with E-state index in [1.807, 2.05) is 0 Å². The predicted molar refractivity (Wildman–Crippen MR) is 73.0 cm³/mol. The fraction of sp³-hybridized carbons (Fsp3) is 1.00. The lowest BCUT2D eigenvalue weighted by atomic mass is 9.93. The molecule has 17 heavy (non-hydrogen) atoms. The van der Waals surface area contributed by atoms with E-state index in [-0.39, 0.29) is 0 Å². The summed E-state index contributed by atoms with van der Waals surface area (Å²) >= 11 is 0. The van der Waals surface area contributed by atoms with Gasteiger partial charge in [-0.05, 0) is 38.6 Å². The van der Waals surface area contributed by atoms with Gasteiger partial charge in [0.25, 0.3) is 0 Å². The zero-order chi connectivity index (χ0) is 12.7. The van der Waals surface area contributed by atoms with Crippen molar-refractivity contribution >= 4 is 9.84 Å². The molecule has 1 N–H and O–H groups in total. The SMILES string of the molecule is C[C@@H](NCCCS(C)(=O)=O)C1CCCCCC1. The average molecular weight is 261 g/mol. The maximum Gasteiger partial charge on any atom is 0.147 e. The molecule has 0 saturated heterocycles. The van der Waals surface area contributed by atoms with E-state index in [0.717, 1.165) is 18.9 Å². The van der Waals surface area contributed by atoms with Crippen LogP contribution < -0.4 is 5.32 Å². The Balaban J connectivity index is 2.17. The number of sulfone groups is 1. The Morgan fingerprint density at radius 3 is 2.29 bits per heavy atom. The lowest BCUT2D eigenvalue weighted by Gasteiger charge is -2.23. The van der Waals surface area contributed by atoms with Crippen LogP contribution in [0, 0.1) is 5.92 Å². The Morgan fingerprint density at radius 1 is 1.18 bits per heavy atom. The summed E-state index contributed by atoms with van der Waals surface area (Å²) in [6, 6.07) is 0.535. The van der Waals surface area contributed by atoms with Crippen molar-refractivity contribution in [3.63, 3.8) is 0 Å². The second kappa shape index (κ2) is 7.37. The molecule has 1 fully saturated rings. The summed E-state index contributed by atoms with van der Waals surface area (Å²) in [4.78, 5) is 0. The maximum absolute atomic E-state index is 11.0. The first kappa shape index (κ1) is 15.0. The van der Waals surface area contributed by atoms with Crippen molar-refractivity contribution in [2.75, 3.05) is 18.6 Å². The van der Waals surface area contributed by atoms with Crippen LogP contribution >= 0.6 is 0 Å². The molecule has 1 aliphatic carbocycles. The highest BCUT2D eigenvalue weighted by Gasteiger charge is 2.18. The molecular formula is C13H27NO2S. The monoisotopic (exact) mass is 261 g/mol. The number of nitrogens with one attached hydrogen (secondary N) is 1. The van der Waals surface area contributed by atoms with E-state index < -0.39 is 9.84 Å². The minimum Gasteiger partial charge on any atom is -0.314 e. The average Bonchev–Trinajstić information content (AvgIpc) is 2.51. The molecule has 0 spiro atoms. The van der Waals surface area contributed by atoms with Gasteiger partial charge >= 0.3 is 0 Å². The first-order valence-electron chi connectivity index (χ1n) is 6.90. The van der Waals surface area contributed by atoms with E-state index in [1.165, 1.54) is 44.8 Å². The van der Waals surface area contributed by atoms with Gasteiger partial charge in [0.05, 0.1) is 5.75 Å². The fourth-order valence-corrected chi connectivity index (χ4v) is 3.31. The molecule has 0 aliphatic heterocycles. The van der Waals surface area contributed by atoms with Gasteiger partial charge in [0.1, 0.15) is 9.84 Å². The van der Waals surface area contributed by atoms with Gasteiger partial charge in [-0.1, -0.05) is 25.7 Å². The van der Waals surface area contributed by atoms with Crippen LogP contribution in [0.25, 0.3) is 0 Å². The summed E-state index contributed by atoms with van der Waals surface area (Å²) in [6.07, 6.45) is 10.2. The summed E-state index contributed by atoms with van der Waals surface area (Å²) in [7, 11) is -2.79. The van der Waals surface area contributed by atoms with Gasteiger partial charge < -0.3 is 5.32 Å². The fourth-order valence-electron chi connectivity index (χ4n) is 2.64. The molecular weight excluding hydrogens is 234 g/mol. The zero-order valence-corrected chi connectivity index (χ0v) is 12.1. The lowest BCUT2D eigenvalue weighted by molar-refractivity contribution is 0.339. The molecule has 4 heteroatoms. The molecule has 0 heterocycles. The normalized spacial score (nSPS) is 21.1. The van der Waals surface area contributed by atoms with Crippen LogP contribution in [0.15, 0.2) is 0 Å². The summed E-state index contributed by atoms with van der Waals surface area (Å²) < 4.78 is 22.0. The van der Waals surface area contributed by atoms with E-state index >= 15 is 0 Å². The molecule has 1 saturated carbocycles. The van der Waals surface area contributed by atoms with Crippen LogP contribution in [0.5, 0.6) is 0 Å². The smallest absolute Gasteiger partial charge is 0.147 e. The third kappa shape index (κ3) is 7.04. The Hall–Kier alpha value is -0.0900. The number of rotatable bonds is 6. The van der Waals surface area contributed by atoms with Crippen molar-refractivity contribution in [3.05, 3.63) is 0 Å². The molecule has 102 valence electrons. The molecule has 0 aromatic rings. The van der Waals surface area contributed by atoms with Crippen LogP contribution in [-0.4, -0.2) is 33.0 Å². The maximum atomic E-state index is 11.0. The largest absolute Gasteiger partial charge is 0.314 e. The molecule has 1 aliphatic rings.